The van der Waals surface area contributed by atoms with Gasteiger partial charge in [-0.1, -0.05) is 12.1 Å². The third-order valence-electron chi connectivity index (χ3n) is 6.97. The zero-order valence-corrected chi connectivity index (χ0v) is 19.8. The highest BCUT2D eigenvalue weighted by Gasteiger charge is 2.31. The van der Waals surface area contributed by atoms with Crippen LogP contribution in [0.3, 0.4) is 0 Å². The summed E-state index contributed by atoms with van der Waals surface area (Å²) in [5.74, 6) is 1.54. The molecule has 2 aliphatic heterocycles. The molecule has 1 unspecified atom stereocenters. The van der Waals surface area contributed by atoms with Crippen molar-refractivity contribution in [2.45, 2.75) is 44.4 Å². The number of nitrogens with one attached hydrogen (secondary N) is 2. The maximum atomic E-state index is 13.4. The Balaban J connectivity index is 1.28. The summed E-state index contributed by atoms with van der Waals surface area (Å²) < 4.78 is 15.0. The van der Waals surface area contributed by atoms with E-state index < -0.39 is 0 Å². The lowest BCUT2D eigenvalue weighted by Gasteiger charge is -2.18. The van der Waals surface area contributed by atoms with Gasteiger partial charge in [0.15, 0.2) is 11.5 Å². The van der Waals surface area contributed by atoms with Gasteiger partial charge in [-0.2, -0.15) is 9.97 Å². The normalized spacial score (nSPS) is 19.4. The van der Waals surface area contributed by atoms with E-state index >= 15 is 0 Å². The van der Waals surface area contributed by atoms with E-state index in [1.165, 1.54) is 11.1 Å². The smallest absolute Gasteiger partial charge is 0.278 e. The monoisotopic (exact) mass is 485 g/mol. The van der Waals surface area contributed by atoms with Crippen LogP contribution >= 0.6 is 0 Å². The van der Waals surface area contributed by atoms with Gasteiger partial charge in [0.2, 0.25) is 11.8 Å². The zero-order chi connectivity index (χ0) is 24.1. The predicted molar refractivity (Wildman–Crippen MR) is 134 cm³/mol. The summed E-state index contributed by atoms with van der Waals surface area (Å²) in [4.78, 5) is 27.3. The lowest BCUT2D eigenvalue weighted by molar-refractivity contribution is 0.138. The molecule has 2 fully saturated rings. The molecule has 5 heterocycles. The van der Waals surface area contributed by atoms with E-state index in [1.54, 1.807) is 10.9 Å². The number of ether oxygens (including phenoxy) is 2. The molecule has 0 bridgehead atoms. The van der Waals surface area contributed by atoms with Crippen LogP contribution in [0.4, 0.5) is 11.6 Å². The molecule has 3 aliphatic rings. The number of pyridine rings is 1. The molecule has 1 saturated carbocycles. The number of aromatic nitrogens is 5. The molecule has 184 valence electrons. The number of rotatable bonds is 6. The van der Waals surface area contributed by atoms with Gasteiger partial charge in [0.1, 0.15) is 11.5 Å². The van der Waals surface area contributed by atoms with Crippen LogP contribution in [-0.4, -0.2) is 50.2 Å². The molecule has 1 saturated heterocycles. The first kappa shape index (κ1) is 21.5. The van der Waals surface area contributed by atoms with Crippen LogP contribution in [-0.2, 0) is 17.7 Å². The zero-order valence-electron chi connectivity index (χ0n) is 19.8. The predicted octanol–water partition coefficient (Wildman–Crippen LogP) is 2.87. The Labute approximate surface area is 207 Å². The van der Waals surface area contributed by atoms with Crippen molar-refractivity contribution in [2.24, 2.45) is 0 Å². The van der Waals surface area contributed by atoms with Gasteiger partial charge in [-0.15, -0.1) is 0 Å². The molecule has 3 aromatic heterocycles. The van der Waals surface area contributed by atoms with Crippen molar-refractivity contribution in [2.75, 3.05) is 25.1 Å². The van der Waals surface area contributed by atoms with E-state index in [2.05, 4.69) is 33.8 Å². The van der Waals surface area contributed by atoms with Crippen molar-refractivity contribution in [3.05, 3.63) is 64.1 Å². The van der Waals surface area contributed by atoms with Gasteiger partial charge >= 0.3 is 0 Å². The minimum Gasteiger partial charge on any atom is -0.472 e. The van der Waals surface area contributed by atoms with E-state index in [0.29, 0.717) is 41.9 Å². The van der Waals surface area contributed by atoms with Gasteiger partial charge in [0.05, 0.1) is 19.3 Å². The molecule has 1 aliphatic carbocycles. The van der Waals surface area contributed by atoms with Crippen molar-refractivity contribution >= 4 is 22.7 Å². The largest absolute Gasteiger partial charge is 0.472 e. The van der Waals surface area contributed by atoms with Crippen LogP contribution in [0.1, 0.15) is 36.4 Å². The van der Waals surface area contributed by atoms with Gasteiger partial charge in [0.25, 0.3) is 5.56 Å². The van der Waals surface area contributed by atoms with Crippen LogP contribution in [0.2, 0.25) is 0 Å². The molecule has 10 heteroatoms. The molecule has 0 amide bonds. The molecule has 0 spiro atoms. The molecule has 2 N–H and O–H groups in total. The van der Waals surface area contributed by atoms with Gasteiger partial charge in [-0.3, -0.25) is 4.79 Å². The Morgan fingerprint density at radius 3 is 2.92 bits per heavy atom. The molecule has 0 radical (unpaired) electrons. The topological polar surface area (TPSA) is 108 Å². The van der Waals surface area contributed by atoms with Crippen LogP contribution in [0, 0.1) is 0 Å². The first-order chi connectivity index (χ1) is 17.7. The SMILES string of the molecule is O=c1c2cnc(Nc3ccc4c(c3)CNCC4)nc2n(-c2cccc(OC3CCOC3)n2)n1C1CC1. The summed E-state index contributed by atoms with van der Waals surface area (Å²) in [5.41, 5.74) is 3.98. The number of nitrogens with zero attached hydrogens (tertiary/aromatic N) is 5. The molecule has 4 aromatic rings. The van der Waals surface area contributed by atoms with E-state index in [1.807, 2.05) is 22.9 Å². The molecule has 7 rings (SSSR count). The van der Waals surface area contributed by atoms with Crippen molar-refractivity contribution in [1.82, 2.24) is 29.6 Å². The Bertz CT molecular complexity index is 1500. The molecule has 36 heavy (non-hydrogen) atoms. The van der Waals surface area contributed by atoms with Gasteiger partial charge < -0.3 is 20.1 Å². The summed E-state index contributed by atoms with van der Waals surface area (Å²) in [5, 5.41) is 7.21. The molecule has 10 nitrogen and oxygen atoms in total. The highest BCUT2D eigenvalue weighted by molar-refractivity contribution is 5.77. The second-order valence-corrected chi connectivity index (χ2v) is 9.60. The quantitative estimate of drug-likeness (QED) is 0.429. The summed E-state index contributed by atoms with van der Waals surface area (Å²) >= 11 is 0. The average Bonchev–Trinajstić information content (AvgIpc) is 3.53. The van der Waals surface area contributed by atoms with Crippen LogP contribution < -0.4 is 20.9 Å². The van der Waals surface area contributed by atoms with Crippen LogP contribution in [0.15, 0.2) is 47.4 Å². The van der Waals surface area contributed by atoms with Crippen LogP contribution in [0.25, 0.3) is 16.9 Å². The standard InChI is InChI=1S/C26H27N7O3/c34-25-21-14-28-26(29-18-5-4-16-8-10-27-13-17(16)12-18)31-24(21)33(32(25)19-6-7-19)22-2-1-3-23(30-22)36-20-9-11-35-15-20/h1-5,12,14,19-20,27H,6-11,13,15H2,(H,28,29,31). The van der Waals surface area contributed by atoms with Gasteiger partial charge in [-0.25, -0.2) is 14.3 Å². The Kier molecular flexibility index (Phi) is 5.21. The summed E-state index contributed by atoms with van der Waals surface area (Å²) in [6, 6.07) is 12.1. The summed E-state index contributed by atoms with van der Waals surface area (Å²) in [6.45, 7) is 3.11. The number of anilines is 2. The lowest BCUT2D eigenvalue weighted by Crippen LogP contribution is -2.23. The van der Waals surface area contributed by atoms with Gasteiger partial charge in [0, 0.05) is 30.9 Å². The van der Waals surface area contributed by atoms with Crippen molar-refractivity contribution in [3.8, 4) is 11.7 Å². The fourth-order valence-corrected chi connectivity index (χ4v) is 4.98. The lowest BCUT2D eigenvalue weighted by atomic mass is 10.0. The summed E-state index contributed by atoms with van der Waals surface area (Å²) in [6.07, 6.45) is 5.37. The van der Waals surface area contributed by atoms with Crippen molar-refractivity contribution in [3.63, 3.8) is 0 Å². The highest BCUT2D eigenvalue weighted by Crippen LogP contribution is 2.35. The average molecular weight is 486 g/mol. The molecular formula is C26H27N7O3. The first-order valence-corrected chi connectivity index (χ1v) is 12.5. The van der Waals surface area contributed by atoms with Crippen LogP contribution in [0.5, 0.6) is 5.88 Å². The molecule has 1 aromatic carbocycles. The summed E-state index contributed by atoms with van der Waals surface area (Å²) in [7, 11) is 0. The number of benzene rings is 1. The van der Waals surface area contributed by atoms with Gasteiger partial charge in [-0.05, 0) is 55.1 Å². The molecule has 1 atom stereocenters. The first-order valence-electron chi connectivity index (χ1n) is 12.5. The van der Waals surface area contributed by atoms with Crippen molar-refractivity contribution < 1.29 is 9.47 Å². The minimum atomic E-state index is -0.101. The number of hydrogen-bond acceptors (Lipinski definition) is 8. The Morgan fingerprint density at radius 2 is 2.06 bits per heavy atom. The third kappa shape index (κ3) is 3.92. The second-order valence-electron chi connectivity index (χ2n) is 9.60. The fraction of sp³-hybridized carbons (Fsp3) is 0.385. The van der Waals surface area contributed by atoms with E-state index in [0.717, 1.165) is 44.5 Å². The molecular weight excluding hydrogens is 458 g/mol. The fourth-order valence-electron chi connectivity index (χ4n) is 4.98. The highest BCUT2D eigenvalue weighted by atomic mass is 16.5. The maximum absolute atomic E-state index is 13.4. The van der Waals surface area contributed by atoms with E-state index in [-0.39, 0.29) is 17.7 Å². The number of hydrogen-bond donors (Lipinski definition) is 2. The second kappa shape index (κ2) is 8.72. The maximum Gasteiger partial charge on any atom is 0.278 e. The van der Waals surface area contributed by atoms with Crippen molar-refractivity contribution in [1.29, 1.82) is 0 Å². The minimum absolute atomic E-state index is 0.00951. The Hall–Kier alpha value is -3.76. The van der Waals surface area contributed by atoms with E-state index in [9.17, 15) is 4.79 Å². The number of fused-ring (bicyclic) bond motifs is 2. The Morgan fingerprint density at radius 1 is 1.11 bits per heavy atom. The third-order valence-corrected chi connectivity index (χ3v) is 6.97. The van der Waals surface area contributed by atoms with E-state index in [4.69, 9.17) is 19.4 Å².